The summed E-state index contributed by atoms with van der Waals surface area (Å²) in [6.07, 6.45) is 3.10. The molecule has 0 spiro atoms. The molecule has 3 aromatic rings. The lowest BCUT2D eigenvalue weighted by Crippen LogP contribution is -2.13. The third kappa shape index (κ3) is 2.56. The second kappa shape index (κ2) is 5.94. The fourth-order valence-electron chi connectivity index (χ4n) is 1.93. The van der Waals surface area contributed by atoms with Crippen molar-refractivity contribution in [2.75, 3.05) is 19.5 Å². The van der Waals surface area contributed by atoms with Crippen LogP contribution in [0.15, 0.2) is 30.0 Å². The molecule has 0 aliphatic rings. The highest BCUT2D eigenvalue weighted by Gasteiger charge is 2.15. The summed E-state index contributed by atoms with van der Waals surface area (Å²) >= 11 is 1.42. The quantitative estimate of drug-likeness (QED) is 0.795. The number of aromatic nitrogens is 3. The van der Waals surface area contributed by atoms with E-state index in [1.165, 1.54) is 31.9 Å². The van der Waals surface area contributed by atoms with Gasteiger partial charge in [-0.2, -0.15) is 4.98 Å². The zero-order valence-electron chi connectivity index (χ0n) is 11.9. The minimum atomic E-state index is -0.287. The molecule has 0 unspecified atom stereocenters. The maximum absolute atomic E-state index is 12.4. The van der Waals surface area contributed by atoms with Gasteiger partial charge in [-0.1, -0.05) is 0 Å². The van der Waals surface area contributed by atoms with Crippen LogP contribution < -0.4 is 14.8 Å². The van der Waals surface area contributed by atoms with Crippen LogP contribution in [-0.4, -0.2) is 35.1 Å². The standard InChI is InChI=1S/C14H12N4O3S/c1-20-9-3-4-11(18-14(9)21-2)17-13(19)8-6-22-10-5-15-7-16-12(8)10/h3-7H,1-2H3,(H,17,18,19). The third-order valence-corrected chi connectivity index (χ3v) is 3.87. The Morgan fingerprint density at radius 3 is 2.91 bits per heavy atom. The summed E-state index contributed by atoms with van der Waals surface area (Å²) in [4.78, 5) is 24.6. The molecule has 0 bridgehead atoms. The first-order valence-electron chi connectivity index (χ1n) is 6.30. The van der Waals surface area contributed by atoms with Crippen molar-refractivity contribution in [2.45, 2.75) is 0 Å². The number of ether oxygens (including phenoxy) is 2. The van der Waals surface area contributed by atoms with Crippen LogP contribution in [0.2, 0.25) is 0 Å². The monoisotopic (exact) mass is 316 g/mol. The van der Waals surface area contributed by atoms with Gasteiger partial charge in [0.1, 0.15) is 12.1 Å². The molecule has 1 amide bonds. The summed E-state index contributed by atoms with van der Waals surface area (Å²) in [6.45, 7) is 0. The molecule has 0 saturated heterocycles. The van der Waals surface area contributed by atoms with Crippen molar-refractivity contribution in [1.82, 2.24) is 15.0 Å². The Kier molecular flexibility index (Phi) is 3.84. The Hall–Kier alpha value is -2.74. The van der Waals surface area contributed by atoms with E-state index in [9.17, 15) is 4.79 Å². The van der Waals surface area contributed by atoms with Crippen molar-refractivity contribution in [2.24, 2.45) is 0 Å². The average Bonchev–Trinajstić information content (AvgIpc) is 2.98. The molecule has 3 rings (SSSR count). The van der Waals surface area contributed by atoms with Gasteiger partial charge < -0.3 is 14.8 Å². The molecule has 7 nitrogen and oxygen atoms in total. The van der Waals surface area contributed by atoms with Crippen molar-refractivity contribution in [1.29, 1.82) is 0 Å². The molecule has 8 heteroatoms. The fourth-order valence-corrected chi connectivity index (χ4v) is 2.79. The molecule has 3 aromatic heterocycles. The van der Waals surface area contributed by atoms with Gasteiger partial charge in [0.15, 0.2) is 5.75 Å². The minimum absolute atomic E-state index is 0.287. The summed E-state index contributed by atoms with van der Waals surface area (Å²) in [6, 6.07) is 3.32. The highest BCUT2D eigenvalue weighted by atomic mass is 32.1. The van der Waals surface area contributed by atoms with Gasteiger partial charge in [-0.25, -0.2) is 9.97 Å². The van der Waals surface area contributed by atoms with Gasteiger partial charge in [-0.15, -0.1) is 11.3 Å². The molecule has 0 atom stereocenters. The Bertz CT molecular complexity index is 834. The molecule has 0 fully saturated rings. The highest BCUT2D eigenvalue weighted by Crippen LogP contribution is 2.27. The predicted octanol–water partition coefficient (Wildman–Crippen LogP) is 2.36. The Labute approximate surface area is 130 Å². The minimum Gasteiger partial charge on any atom is -0.491 e. The molecule has 0 aliphatic carbocycles. The smallest absolute Gasteiger partial charge is 0.259 e. The molecule has 22 heavy (non-hydrogen) atoms. The lowest BCUT2D eigenvalue weighted by atomic mass is 10.2. The summed E-state index contributed by atoms with van der Waals surface area (Å²) < 4.78 is 11.1. The van der Waals surface area contributed by atoms with E-state index >= 15 is 0 Å². The molecule has 112 valence electrons. The largest absolute Gasteiger partial charge is 0.491 e. The van der Waals surface area contributed by atoms with E-state index in [-0.39, 0.29) is 5.91 Å². The van der Waals surface area contributed by atoms with Crippen molar-refractivity contribution in [3.63, 3.8) is 0 Å². The second-order valence-electron chi connectivity index (χ2n) is 4.25. The molecule has 1 N–H and O–H groups in total. The Balaban J connectivity index is 1.88. The number of fused-ring (bicyclic) bond motifs is 1. The van der Waals surface area contributed by atoms with Crippen LogP contribution in [-0.2, 0) is 0 Å². The number of hydrogen-bond acceptors (Lipinski definition) is 7. The van der Waals surface area contributed by atoms with E-state index in [4.69, 9.17) is 9.47 Å². The third-order valence-electron chi connectivity index (χ3n) is 2.96. The van der Waals surface area contributed by atoms with Crippen LogP contribution in [0.3, 0.4) is 0 Å². The summed E-state index contributed by atoms with van der Waals surface area (Å²) in [5, 5.41) is 4.47. The lowest BCUT2D eigenvalue weighted by molar-refractivity contribution is 0.102. The lowest BCUT2D eigenvalue weighted by Gasteiger charge is -2.09. The van der Waals surface area contributed by atoms with Gasteiger partial charge >= 0.3 is 0 Å². The number of carbonyl (C=O) groups excluding carboxylic acids is 1. The number of anilines is 1. The number of nitrogens with one attached hydrogen (secondary N) is 1. The molecular formula is C14H12N4O3S. The molecule has 0 radical (unpaired) electrons. The number of amides is 1. The van der Waals surface area contributed by atoms with Crippen LogP contribution in [0.4, 0.5) is 5.82 Å². The molecule has 0 aliphatic heterocycles. The van der Waals surface area contributed by atoms with E-state index in [1.807, 2.05) is 0 Å². The molecule has 3 heterocycles. The average molecular weight is 316 g/mol. The van der Waals surface area contributed by atoms with Crippen LogP contribution in [0.5, 0.6) is 11.6 Å². The van der Waals surface area contributed by atoms with Crippen LogP contribution >= 0.6 is 11.3 Å². The molecule has 0 aromatic carbocycles. The number of carbonyl (C=O) groups is 1. The van der Waals surface area contributed by atoms with Gasteiger partial charge in [0.2, 0.25) is 0 Å². The topological polar surface area (TPSA) is 86.2 Å². The Morgan fingerprint density at radius 1 is 1.27 bits per heavy atom. The Morgan fingerprint density at radius 2 is 2.14 bits per heavy atom. The SMILES string of the molecule is COc1ccc(NC(=O)c2csc3cncnc23)nc1OC. The summed E-state index contributed by atoms with van der Waals surface area (Å²) in [5.41, 5.74) is 1.11. The van der Waals surface area contributed by atoms with Crippen LogP contribution in [0, 0.1) is 0 Å². The summed E-state index contributed by atoms with van der Waals surface area (Å²) in [7, 11) is 3.01. The van der Waals surface area contributed by atoms with Crippen molar-refractivity contribution < 1.29 is 14.3 Å². The number of nitrogens with zero attached hydrogens (tertiary/aromatic N) is 3. The fraction of sp³-hybridized carbons (Fsp3) is 0.143. The van der Waals surface area contributed by atoms with Crippen LogP contribution in [0.25, 0.3) is 10.2 Å². The molecule has 0 saturated carbocycles. The number of pyridine rings is 1. The first-order chi connectivity index (χ1) is 10.7. The van der Waals surface area contributed by atoms with Crippen molar-refractivity contribution in [3.05, 3.63) is 35.6 Å². The van der Waals surface area contributed by atoms with E-state index in [1.54, 1.807) is 23.7 Å². The zero-order chi connectivity index (χ0) is 15.5. The van der Waals surface area contributed by atoms with Crippen LogP contribution in [0.1, 0.15) is 10.4 Å². The number of methoxy groups -OCH3 is 2. The zero-order valence-corrected chi connectivity index (χ0v) is 12.7. The normalized spacial score (nSPS) is 10.5. The number of rotatable bonds is 4. The van der Waals surface area contributed by atoms with Gasteiger partial charge in [-0.05, 0) is 12.1 Å². The highest BCUT2D eigenvalue weighted by molar-refractivity contribution is 7.17. The second-order valence-corrected chi connectivity index (χ2v) is 5.16. The van der Waals surface area contributed by atoms with E-state index in [0.29, 0.717) is 28.5 Å². The van der Waals surface area contributed by atoms with Gasteiger partial charge in [-0.3, -0.25) is 4.79 Å². The van der Waals surface area contributed by atoms with Gasteiger partial charge in [0.05, 0.1) is 30.0 Å². The summed E-state index contributed by atoms with van der Waals surface area (Å²) in [5.74, 6) is 0.882. The van der Waals surface area contributed by atoms with E-state index < -0.39 is 0 Å². The predicted molar refractivity (Wildman–Crippen MR) is 82.7 cm³/mol. The molecular weight excluding hydrogens is 304 g/mol. The first-order valence-corrected chi connectivity index (χ1v) is 7.18. The van der Waals surface area contributed by atoms with Gasteiger partial charge in [0, 0.05) is 11.6 Å². The van der Waals surface area contributed by atoms with E-state index in [0.717, 1.165) is 4.70 Å². The van der Waals surface area contributed by atoms with E-state index in [2.05, 4.69) is 20.3 Å². The van der Waals surface area contributed by atoms with Crippen molar-refractivity contribution >= 4 is 33.3 Å². The number of thiophene rings is 1. The maximum atomic E-state index is 12.4. The first kappa shape index (κ1) is 14.2. The maximum Gasteiger partial charge on any atom is 0.259 e. The van der Waals surface area contributed by atoms with Crippen molar-refractivity contribution in [3.8, 4) is 11.6 Å². The number of hydrogen-bond donors (Lipinski definition) is 1. The van der Waals surface area contributed by atoms with Gasteiger partial charge in [0.25, 0.3) is 11.8 Å².